The van der Waals surface area contributed by atoms with Crippen LogP contribution in [-0.4, -0.2) is 172 Å². The Hall–Kier alpha value is -8.94. The molecule has 10 rings (SSSR count). The molecule has 5 amide bonds. The van der Waals surface area contributed by atoms with Gasteiger partial charge >= 0.3 is 0 Å². The highest BCUT2D eigenvalue weighted by Gasteiger charge is 2.31. The number of nitrogens with zero attached hydrogens (tertiary/aromatic N) is 10. The van der Waals surface area contributed by atoms with Gasteiger partial charge in [-0.15, -0.1) is 0 Å². The first kappa shape index (κ1) is 63.1. The maximum absolute atomic E-state index is 13.5. The summed E-state index contributed by atoms with van der Waals surface area (Å²) < 4.78 is 26.6. The van der Waals surface area contributed by atoms with Crippen LogP contribution in [0.15, 0.2) is 152 Å². The van der Waals surface area contributed by atoms with Crippen LogP contribution in [-0.2, 0) is 14.8 Å². The number of aromatic nitrogens is 4. The molecule has 6 N–H and O–H groups in total. The van der Waals surface area contributed by atoms with E-state index in [0.29, 0.717) is 102 Å². The van der Waals surface area contributed by atoms with E-state index in [1.54, 1.807) is 32.9 Å². The summed E-state index contributed by atoms with van der Waals surface area (Å²) in [6.07, 6.45) is 11.9. The van der Waals surface area contributed by atoms with Crippen LogP contribution in [0.1, 0.15) is 104 Å². The number of nitrogens with one attached hydrogen (secondary N) is 3. The highest BCUT2D eigenvalue weighted by atomic mass is 32.2. The van der Waals surface area contributed by atoms with E-state index in [0.717, 1.165) is 46.8 Å². The first-order valence-electron chi connectivity index (χ1n) is 28.8. The zero-order valence-corrected chi connectivity index (χ0v) is 48.8. The smallest absolute Gasteiger partial charge is 0.277 e. The van der Waals surface area contributed by atoms with Crippen molar-refractivity contribution in [2.75, 3.05) is 99.0 Å². The van der Waals surface area contributed by atoms with Gasteiger partial charge < -0.3 is 24.5 Å². The summed E-state index contributed by atoms with van der Waals surface area (Å²) in [6.45, 7) is 9.00. The molecule has 5 aromatic carbocycles. The molecule has 7 aromatic rings. The van der Waals surface area contributed by atoms with Gasteiger partial charge in [-0.1, -0.05) is 136 Å². The molecule has 3 saturated heterocycles. The van der Waals surface area contributed by atoms with Crippen LogP contribution in [0, 0.1) is 0 Å². The fraction of sp³-hybridized carbons (Fsp3) is 0.339. The van der Waals surface area contributed by atoms with Gasteiger partial charge in [-0.2, -0.15) is 4.31 Å². The maximum Gasteiger partial charge on any atom is 0.277 e. The fourth-order valence-corrected chi connectivity index (χ4v) is 12.0. The van der Waals surface area contributed by atoms with Gasteiger partial charge in [0.2, 0.25) is 27.8 Å². The molecule has 3 aliphatic heterocycles. The second kappa shape index (κ2) is 31.3. The fourth-order valence-electron chi connectivity index (χ4n) is 10.4. The minimum atomic E-state index is -3.18. The van der Waals surface area contributed by atoms with Gasteiger partial charge in [0.05, 0.1) is 22.8 Å². The highest BCUT2D eigenvalue weighted by molar-refractivity contribution is 7.89. The van der Waals surface area contributed by atoms with E-state index in [2.05, 4.69) is 31.8 Å². The van der Waals surface area contributed by atoms with Gasteiger partial charge in [-0.3, -0.25) is 39.6 Å². The number of carbonyl (C=O) groups excluding carboxylic acids is 5. The molecular formula is C62H73N13O10S. The van der Waals surface area contributed by atoms with Crippen molar-refractivity contribution in [3.8, 4) is 0 Å². The number of benzene rings is 5. The van der Waals surface area contributed by atoms with E-state index in [-0.39, 0.29) is 34.6 Å². The Morgan fingerprint density at radius 3 is 1.43 bits per heavy atom. The van der Waals surface area contributed by atoms with Gasteiger partial charge in [0.1, 0.15) is 0 Å². The Bertz CT molecular complexity index is 3390. The van der Waals surface area contributed by atoms with E-state index >= 15 is 0 Å². The Morgan fingerprint density at radius 2 is 0.919 bits per heavy atom. The Kier molecular flexibility index (Phi) is 22.9. The van der Waals surface area contributed by atoms with Crippen molar-refractivity contribution in [2.45, 2.75) is 51.4 Å². The molecule has 0 spiro atoms. The van der Waals surface area contributed by atoms with Crippen molar-refractivity contribution in [1.82, 2.24) is 50.5 Å². The van der Waals surface area contributed by atoms with Crippen LogP contribution < -0.4 is 31.1 Å². The number of rotatable bonds is 18. The van der Waals surface area contributed by atoms with Gasteiger partial charge in [0.25, 0.3) is 23.6 Å². The zero-order chi connectivity index (χ0) is 60.8. The van der Waals surface area contributed by atoms with Crippen LogP contribution in [0.3, 0.4) is 0 Å². The van der Waals surface area contributed by atoms with E-state index in [9.17, 15) is 32.4 Å². The molecule has 0 aliphatic carbocycles. The molecule has 0 bridgehead atoms. The summed E-state index contributed by atoms with van der Waals surface area (Å²) in [4.78, 5) is 87.2. The van der Waals surface area contributed by atoms with E-state index in [1.165, 1.54) is 44.0 Å². The molecule has 3 fully saturated rings. The summed E-state index contributed by atoms with van der Waals surface area (Å²) in [5.74, 6) is -0.888. The number of hydroxylamine groups is 3. The normalized spacial score (nSPS) is 14.5. The lowest BCUT2D eigenvalue weighted by atomic mass is 9.90. The Morgan fingerprint density at radius 1 is 0.477 bits per heavy atom. The number of hydrogen-bond donors (Lipinski definition) is 6. The molecule has 0 atom stereocenters. The van der Waals surface area contributed by atoms with Crippen LogP contribution in [0.25, 0.3) is 10.8 Å². The molecule has 23 nitrogen and oxygen atoms in total. The lowest BCUT2D eigenvalue weighted by molar-refractivity contribution is -0.132. The molecule has 3 aliphatic rings. The van der Waals surface area contributed by atoms with Gasteiger partial charge in [0, 0.05) is 120 Å². The number of anilines is 3. The number of fused-ring (bicyclic) bond motifs is 1. The number of unbranched alkanes of at least 4 members (excludes halogenated alkanes) is 5. The van der Waals surface area contributed by atoms with Crippen LogP contribution in [0.4, 0.5) is 17.6 Å². The van der Waals surface area contributed by atoms with E-state index in [4.69, 9.17) is 15.6 Å². The molecule has 0 radical (unpaired) electrons. The molecule has 0 unspecified atom stereocenters. The highest BCUT2D eigenvalue weighted by Crippen LogP contribution is 2.28. The first-order valence-corrected chi connectivity index (χ1v) is 30.4. The molecule has 452 valence electrons. The zero-order valence-electron chi connectivity index (χ0n) is 48.0. The van der Waals surface area contributed by atoms with Crippen LogP contribution in [0.2, 0.25) is 0 Å². The average molecular weight is 1190 g/mol. The summed E-state index contributed by atoms with van der Waals surface area (Å²) in [6, 6.07) is 40.2. The maximum atomic E-state index is 13.5. The minimum absolute atomic E-state index is 0.0207. The summed E-state index contributed by atoms with van der Waals surface area (Å²) in [7, 11) is -3.18. The molecule has 86 heavy (non-hydrogen) atoms. The van der Waals surface area contributed by atoms with Gasteiger partial charge in [0.15, 0.2) is 0 Å². The summed E-state index contributed by atoms with van der Waals surface area (Å²) in [5.41, 5.74) is 9.05. The third kappa shape index (κ3) is 16.7. The van der Waals surface area contributed by atoms with Crippen molar-refractivity contribution in [2.24, 2.45) is 0 Å². The summed E-state index contributed by atoms with van der Waals surface area (Å²) in [5, 5.41) is 28.0. The van der Waals surface area contributed by atoms with E-state index < -0.39 is 27.7 Å². The first-order chi connectivity index (χ1) is 41.8. The Labute approximate surface area is 500 Å². The SMILES string of the molecule is CCCCCCCCS(=O)(=O)N1CCN(c2ccc(C(=O)NO)cc2)CC1.O=C(NO)c1cnc(N2CCN(C(=O)C(c3ccccc3)c3ccccc3)CC2)nc1.O=C(NO)c1cnc(N2CCN(C(=O)c3cccc4ccccc34)CC2)nc1. The third-order valence-electron chi connectivity index (χ3n) is 15.2. The molecule has 0 saturated carbocycles. The van der Waals surface area contributed by atoms with Gasteiger partial charge in [-0.25, -0.2) is 44.8 Å². The van der Waals surface area contributed by atoms with Crippen molar-refractivity contribution in [1.29, 1.82) is 0 Å². The number of sulfonamides is 1. The lowest BCUT2D eigenvalue weighted by Gasteiger charge is -2.36. The average Bonchev–Trinajstić information content (AvgIpc) is 2.30. The monoisotopic (exact) mass is 1190 g/mol. The van der Waals surface area contributed by atoms with Crippen LogP contribution >= 0.6 is 0 Å². The predicted molar refractivity (Wildman–Crippen MR) is 325 cm³/mol. The van der Waals surface area contributed by atoms with Gasteiger partial charge in [-0.05, 0) is 58.7 Å². The second-order valence-electron chi connectivity index (χ2n) is 20.8. The van der Waals surface area contributed by atoms with Crippen molar-refractivity contribution in [3.05, 3.63) is 186 Å². The van der Waals surface area contributed by atoms with E-state index in [1.807, 2.05) is 135 Å². The standard InChI is InChI=1S/C23H23N5O3.C20H19N5O3.C19H31N3O4S/c29-21(26-31)19-15-24-23(25-16-19)28-13-11-27(12-14-28)22(30)20(17-7-3-1-4-8-17)18-9-5-2-6-10-18;26-18(23-28)15-12-21-20(22-13-15)25-10-8-24(9-11-25)19(27)17-7-3-5-14-4-1-2-6-16(14)17;1-2-3-4-5-6-7-16-27(25,26)22-14-12-21(13-15-22)18-10-8-17(9-11-18)19(23)20-24/h1-10,15-16,20,31H,11-14H2,(H,26,29);1-7,12-13,28H,8-11H2,(H,23,26);8-11,24H,2-7,12-16H2,1H3,(H,20,23). The third-order valence-corrected chi connectivity index (χ3v) is 17.2. The molecule has 2 aromatic heterocycles. The number of piperazine rings is 3. The molecule has 5 heterocycles. The quantitative estimate of drug-likeness (QED) is 0.0308. The largest absolute Gasteiger partial charge is 0.369 e. The molecular weight excluding hydrogens is 1120 g/mol. The Balaban J connectivity index is 0.000000168. The lowest BCUT2D eigenvalue weighted by Crippen LogP contribution is -2.50. The topological polar surface area (TPSA) is 287 Å². The number of carbonyl (C=O) groups is 5. The second-order valence-corrected chi connectivity index (χ2v) is 22.8. The van der Waals surface area contributed by atoms with Crippen molar-refractivity contribution in [3.63, 3.8) is 0 Å². The predicted octanol–water partition coefficient (Wildman–Crippen LogP) is 6.41. The number of amides is 5. The van der Waals surface area contributed by atoms with Crippen LogP contribution in [0.5, 0.6) is 0 Å². The van der Waals surface area contributed by atoms with Crippen molar-refractivity contribution >= 4 is 67.9 Å². The summed E-state index contributed by atoms with van der Waals surface area (Å²) >= 11 is 0. The molecule has 24 heteroatoms. The number of hydrogen-bond acceptors (Lipinski definition) is 17. The minimum Gasteiger partial charge on any atom is -0.369 e. The van der Waals surface area contributed by atoms with Crippen molar-refractivity contribution < 1.29 is 48.0 Å².